The van der Waals surface area contributed by atoms with Gasteiger partial charge in [-0.25, -0.2) is 0 Å². The Hall–Kier alpha value is -3.17. The SMILES string of the molecule is c1ccc(-n2c3cccnc3c3cccc4sc5cccc2c5c43)cc1. The Bertz CT molecular complexity index is 1420. The standard InChI is InChI=1S/C23H14N2S/c1-2-7-15(8-3-1)25-17-10-5-13-20-22(17)21-16(9-4-12-19(21)26-20)23-18(25)11-6-14-24-23/h1-14H. The molecule has 3 aromatic heterocycles. The van der Waals surface area contributed by atoms with E-state index < -0.39 is 0 Å². The van der Waals surface area contributed by atoms with Crippen LogP contribution in [0.5, 0.6) is 0 Å². The van der Waals surface area contributed by atoms with Crippen LogP contribution in [0.4, 0.5) is 0 Å². The Kier molecular flexibility index (Phi) is 2.79. The van der Waals surface area contributed by atoms with Gasteiger partial charge in [0.2, 0.25) is 0 Å². The molecule has 3 heterocycles. The van der Waals surface area contributed by atoms with E-state index in [4.69, 9.17) is 4.98 Å². The fourth-order valence-electron chi connectivity index (χ4n) is 4.00. The van der Waals surface area contributed by atoms with E-state index in [0.717, 1.165) is 16.7 Å². The molecule has 122 valence electrons. The fourth-order valence-corrected chi connectivity index (χ4v) is 5.15. The molecule has 6 rings (SSSR count). The van der Waals surface area contributed by atoms with Crippen molar-refractivity contribution in [3.05, 3.63) is 85.1 Å². The van der Waals surface area contributed by atoms with Crippen molar-refractivity contribution in [2.75, 3.05) is 0 Å². The van der Waals surface area contributed by atoms with Crippen LogP contribution in [0.1, 0.15) is 0 Å². The van der Waals surface area contributed by atoms with Crippen molar-refractivity contribution in [2.45, 2.75) is 0 Å². The van der Waals surface area contributed by atoms with Gasteiger partial charge in [0.1, 0.15) is 0 Å². The highest BCUT2D eigenvalue weighted by Gasteiger charge is 2.16. The summed E-state index contributed by atoms with van der Waals surface area (Å²) in [6.07, 6.45) is 1.89. The summed E-state index contributed by atoms with van der Waals surface area (Å²) in [7, 11) is 0. The van der Waals surface area contributed by atoms with Crippen LogP contribution in [-0.2, 0) is 0 Å². The van der Waals surface area contributed by atoms with Gasteiger partial charge < -0.3 is 4.57 Å². The lowest BCUT2D eigenvalue weighted by atomic mass is 10.1. The quantitative estimate of drug-likeness (QED) is 0.329. The molecule has 0 atom stereocenters. The van der Waals surface area contributed by atoms with Crippen molar-refractivity contribution in [2.24, 2.45) is 0 Å². The second-order valence-corrected chi connectivity index (χ2v) is 7.56. The maximum Gasteiger partial charge on any atom is 0.0949 e. The molecule has 0 radical (unpaired) electrons. The minimum atomic E-state index is 1.04. The lowest BCUT2D eigenvalue weighted by molar-refractivity contribution is 1.16. The highest BCUT2D eigenvalue weighted by molar-refractivity contribution is 7.26. The summed E-state index contributed by atoms with van der Waals surface area (Å²) in [6.45, 7) is 0. The molecule has 0 aliphatic heterocycles. The van der Waals surface area contributed by atoms with Gasteiger partial charge in [-0.1, -0.05) is 36.4 Å². The highest BCUT2D eigenvalue weighted by atomic mass is 32.1. The lowest BCUT2D eigenvalue weighted by Gasteiger charge is -2.11. The molecule has 0 saturated heterocycles. The average Bonchev–Trinajstić information content (AvgIpc) is 3.03. The third kappa shape index (κ3) is 1.78. The van der Waals surface area contributed by atoms with Gasteiger partial charge in [-0.2, -0.15) is 0 Å². The number of thiophene rings is 1. The van der Waals surface area contributed by atoms with Gasteiger partial charge in [0.25, 0.3) is 0 Å². The van der Waals surface area contributed by atoms with E-state index in [1.54, 1.807) is 0 Å². The number of pyridine rings is 1. The van der Waals surface area contributed by atoms with E-state index in [2.05, 4.69) is 77.4 Å². The van der Waals surface area contributed by atoms with Crippen LogP contribution in [0, 0.1) is 0 Å². The molecule has 0 unspecified atom stereocenters. The number of hydrogen-bond donors (Lipinski definition) is 0. The number of hydrogen-bond acceptors (Lipinski definition) is 2. The number of rotatable bonds is 1. The van der Waals surface area contributed by atoms with Gasteiger partial charge in [0.05, 0.1) is 16.6 Å². The molecule has 0 aliphatic rings. The number of fused-ring (bicyclic) bond motifs is 2. The molecule has 0 aliphatic carbocycles. The first kappa shape index (κ1) is 14.0. The monoisotopic (exact) mass is 350 g/mol. The van der Waals surface area contributed by atoms with Crippen LogP contribution >= 0.6 is 11.3 Å². The van der Waals surface area contributed by atoms with E-state index in [0.29, 0.717) is 0 Å². The molecule has 0 amide bonds. The van der Waals surface area contributed by atoms with Crippen LogP contribution in [0.2, 0.25) is 0 Å². The van der Waals surface area contributed by atoms with E-state index in [9.17, 15) is 0 Å². The van der Waals surface area contributed by atoms with Crippen molar-refractivity contribution < 1.29 is 0 Å². The largest absolute Gasteiger partial charge is 0.308 e. The van der Waals surface area contributed by atoms with Crippen LogP contribution in [0.25, 0.3) is 47.8 Å². The van der Waals surface area contributed by atoms with Gasteiger partial charge in [-0.15, -0.1) is 11.3 Å². The van der Waals surface area contributed by atoms with Crippen molar-refractivity contribution in [1.29, 1.82) is 0 Å². The molecule has 0 bridgehead atoms. The summed E-state index contributed by atoms with van der Waals surface area (Å²) in [6, 6.07) is 27.9. The molecular formula is C23H14N2S. The van der Waals surface area contributed by atoms with E-state index >= 15 is 0 Å². The van der Waals surface area contributed by atoms with Crippen molar-refractivity contribution in [1.82, 2.24) is 9.55 Å². The lowest BCUT2D eigenvalue weighted by Crippen LogP contribution is -1.96. The first-order valence-electron chi connectivity index (χ1n) is 8.66. The van der Waals surface area contributed by atoms with Crippen molar-refractivity contribution in [3.8, 4) is 5.69 Å². The molecular weight excluding hydrogens is 336 g/mol. The zero-order valence-electron chi connectivity index (χ0n) is 13.9. The Balaban J connectivity index is 2.05. The van der Waals surface area contributed by atoms with Crippen LogP contribution in [0.15, 0.2) is 85.1 Å². The first-order valence-corrected chi connectivity index (χ1v) is 9.48. The molecule has 0 N–H and O–H groups in total. The van der Waals surface area contributed by atoms with Crippen molar-refractivity contribution in [3.63, 3.8) is 0 Å². The van der Waals surface area contributed by atoms with E-state index in [1.165, 1.54) is 31.1 Å². The summed E-state index contributed by atoms with van der Waals surface area (Å²) in [5.74, 6) is 0. The van der Waals surface area contributed by atoms with Gasteiger partial charge in [-0.05, 0) is 42.5 Å². The zero-order chi connectivity index (χ0) is 17.1. The third-order valence-corrected chi connectivity index (χ3v) is 6.16. The van der Waals surface area contributed by atoms with Crippen LogP contribution in [0.3, 0.4) is 0 Å². The van der Waals surface area contributed by atoms with Gasteiger partial charge in [0.15, 0.2) is 0 Å². The molecule has 0 spiro atoms. The maximum absolute atomic E-state index is 4.79. The summed E-state index contributed by atoms with van der Waals surface area (Å²) < 4.78 is 4.98. The topological polar surface area (TPSA) is 17.8 Å². The number of nitrogens with zero attached hydrogens (tertiary/aromatic N) is 2. The average molecular weight is 350 g/mol. The van der Waals surface area contributed by atoms with Crippen LogP contribution < -0.4 is 0 Å². The second-order valence-electron chi connectivity index (χ2n) is 6.47. The summed E-state index contributed by atoms with van der Waals surface area (Å²) in [4.78, 5) is 4.79. The van der Waals surface area contributed by atoms with Gasteiger partial charge in [-0.3, -0.25) is 4.98 Å². The Labute approximate surface area is 153 Å². The predicted octanol–water partition coefficient (Wildman–Crippen LogP) is 6.55. The summed E-state index contributed by atoms with van der Waals surface area (Å²) in [5, 5.41) is 3.86. The number of benzene rings is 3. The molecule has 3 heteroatoms. The molecule has 0 fully saturated rings. The molecule has 0 saturated carbocycles. The fraction of sp³-hybridized carbons (Fsp3) is 0. The minimum Gasteiger partial charge on any atom is -0.308 e. The summed E-state index contributed by atoms with van der Waals surface area (Å²) in [5.41, 5.74) is 4.54. The Morgan fingerprint density at radius 2 is 1.42 bits per heavy atom. The predicted molar refractivity (Wildman–Crippen MR) is 111 cm³/mol. The molecule has 2 nitrogen and oxygen atoms in total. The highest BCUT2D eigenvalue weighted by Crippen LogP contribution is 2.42. The van der Waals surface area contributed by atoms with Gasteiger partial charge in [0, 0.05) is 37.4 Å². The van der Waals surface area contributed by atoms with Crippen LogP contribution in [-0.4, -0.2) is 9.55 Å². The minimum absolute atomic E-state index is 1.04. The first-order chi connectivity index (χ1) is 12.9. The Morgan fingerprint density at radius 3 is 2.31 bits per heavy atom. The van der Waals surface area contributed by atoms with E-state index in [1.807, 2.05) is 23.6 Å². The number of aromatic nitrogens is 2. The molecule has 3 aromatic carbocycles. The smallest absolute Gasteiger partial charge is 0.0949 e. The van der Waals surface area contributed by atoms with Gasteiger partial charge >= 0.3 is 0 Å². The zero-order valence-corrected chi connectivity index (χ0v) is 14.7. The van der Waals surface area contributed by atoms with E-state index in [-0.39, 0.29) is 0 Å². The normalized spacial score (nSPS) is 11.8. The Morgan fingerprint density at radius 1 is 0.654 bits per heavy atom. The summed E-state index contributed by atoms with van der Waals surface area (Å²) >= 11 is 1.86. The molecule has 6 aromatic rings. The third-order valence-electron chi connectivity index (χ3n) is 5.04. The number of para-hydroxylation sites is 1. The molecule has 26 heavy (non-hydrogen) atoms. The second kappa shape index (κ2) is 5.16. The maximum atomic E-state index is 4.79. The van der Waals surface area contributed by atoms with Crippen molar-refractivity contribution >= 4 is 53.4 Å².